The van der Waals surface area contributed by atoms with E-state index >= 15 is 0 Å². The second-order valence-electron chi connectivity index (χ2n) is 6.52. The average Bonchev–Trinajstić information content (AvgIpc) is 3.01. The molecule has 2 saturated carbocycles. The van der Waals surface area contributed by atoms with Gasteiger partial charge in [-0.15, -0.1) is 0 Å². The molecule has 3 rings (SSSR count). The predicted octanol–water partition coefficient (Wildman–Crippen LogP) is 0.681. The number of hydrogen-bond donors (Lipinski definition) is 2. The van der Waals surface area contributed by atoms with Gasteiger partial charge in [-0.2, -0.15) is 0 Å². The Labute approximate surface area is 113 Å². The zero-order valence-electron chi connectivity index (χ0n) is 11.3. The molecule has 3 aliphatic rings. The number of hydrogen-bond acceptors (Lipinski definition) is 3. The number of rotatable bonds is 2. The average molecular weight is 266 g/mol. The number of fused-ring (bicyclic) bond motifs is 2. The van der Waals surface area contributed by atoms with E-state index in [0.717, 1.165) is 25.7 Å². The molecule has 0 aromatic carbocycles. The minimum absolute atomic E-state index is 0.00329. The predicted molar refractivity (Wildman–Crippen MR) is 69.2 cm³/mol. The molecule has 0 radical (unpaired) electrons. The van der Waals surface area contributed by atoms with Crippen LogP contribution in [0.2, 0.25) is 0 Å². The van der Waals surface area contributed by atoms with Crippen LogP contribution in [0, 0.1) is 23.7 Å². The number of nitrogens with two attached hydrogens (primary N) is 1. The maximum atomic E-state index is 12.7. The maximum absolute atomic E-state index is 12.7. The fourth-order valence-corrected chi connectivity index (χ4v) is 4.46. The summed E-state index contributed by atoms with van der Waals surface area (Å²) in [5.74, 6) is -0.117. The third kappa shape index (κ3) is 1.86. The van der Waals surface area contributed by atoms with Gasteiger partial charge >= 0.3 is 5.97 Å². The Hall–Kier alpha value is -1.10. The van der Waals surface area contributed by atoms with Crippen LogP contribution in [-0.2, 0) is 9.59 Å². The lowest BCUT2D eigenvalue weighted by atomic mass is 9.83. The first kappa shape index (κ1) is 12.9. The number of carboxylic acid groups (broad SMARTS) is 1. The van der Waals surface area contributed by atoms with Crippen molar-refractivity contribution in [1.82, 2.24) is 4.90 Å². The highest BCUT2D eigenvalue weighted by atomic mass is 16.4. The van der Waals surface area contributed by atoms with Crippen molar-refractivity contribution in [2.45, 2.75) is 44.7 Å². The van der Waals surface area contributed by atoms with E-state index in [0.29, 0.717) is 18.4 Å². The maximum Gasteiger partial charge on any atom is 0.326 e. The smallest absolute Gasteiger partial charge is 0.326 e. The minimum atomic E-state index is -0.880. The standard InChI is InChI=1S/C14H22N2O3/c1-7-4-5-16(12(7)14(18)19)13(17)10-8-2-3-9(6-8)11(10)15/h7-12H,2-6,15H2,1H3,(H,18,19). The third-order valence-electron chi connectivity index (χ3n) is 5.50. The highest BCUT2D eigenvalue weighted by molar-refractivity contribution is 5.87. The molecule has 19 heavy (non-hydrogen) atoms. The van der Waals surface area contributed by atoms with Gasteiger partial charge in [0.2, 0.25) is 5.91 Å². The third-order valence-corrected chi connectivity index (χ3v) is 5.50. The van der Waals surface area contributed by atoms with Crippen molar-refractivity contribution >= 4 is 11.9 Å². The molecule has 2 aliphatic carbocycles. The highest BCUT2D eigenvalue weighted by Gasteiger charge is 2.52. The van der Waals surface area contributed by atoms with Gasteiger partial charge in [-0.3, -0.25) is 4.79 Å². The van der Waals surface area contributed by atoms with E-state index in [1.54, 1.807) is 4.90 Å². The summed E-state index contributed by atoms with van der Waals surface area (Å²) < 4.78 is 0. The van der Waals surface area contributed by atoms with Crippen molar-refractivity contribution in [2.75, 3.05) is 6.54 Å². The Balaban J connectivity index is 1.79. The van der Waals surface area contributed by atoms with Gasteiger partial charge in [0.1, 0.15) is 6.04 Å². The lowest BCUT2D eigenvalue weighted by molar-refractivity contribution is -0.152. The number of carboxylic acids is 1. The van der Waals surface area contributed by atoms with Gasteiger partial charge in [0.05, 0.1) is 5.92 Å². The molecule has 6 unspecified atom stereocenters. The lowest BCUT2D eigenvalue weighted by Crippen LogP contribution is -2.51. The minimum Gasteiger partial charge on any atom is -0.480 e. The largest absolute Gasteiger partial charge is 0.480 e. The quantitative estimate of drug-likeness (QED) is 0.770. The zero-order valence-corrected chi connectivity index (χ0v) is 11.3. The Morgan fingerprint density at radius 3 is 2.47 bits per heavy atom. The number of nitrogens with zero attached hydrogens (tertiary/aromatic N) is 1. The number of aliphatic carboxylic acids is 1. The van der Waals surface area contributed by atoms with Crippen LogP contribution in [0.25, 0.3) is 0 Å². The Bertz CT molecular complexity index is 409. The molecule has 106 valence electrons. The van der Waals surface area contributed by atoms with E-state index in [-0.39, 0.29) is 23.8 Å². The van der Waals surface area contributed by atoms with E-state index in [1.807, 2.05) is 6.92 Å². The summed E-state index contributed by atoms with van der Waals surface area (Å²) in [6, 6.07) is -0.713. The van der Waals surface area contributed by atoms with Gasteiger partial charge in [0, 0.05) is 12.6 Å². The van der Waals surface area contributed by atoms with Crippen LogP contribution in [0.3, 0.4) is 0 Å². The van der Waals surface area contributed by atoms with E-state index in [4.69, 9.17) is 5.73 Å². The molecule has 3 fully saturated rings. The van der Waals surface area contributed by atoms with Gasteiger partial charge in [0.15, 0.2) is 0 Å². The van der Waals surface area contributed by atoms with Crippen LogP contribution in [0.1, 0.15) is 32.6 Å². The summed E-state index contributed by atoms with van der Waals surface area (Å²) in [5.41, 5.74) is 6.19. The summed E-state index contributed by atoms with van der Waals surface area (Å²) in [7, 11) is 0. The molecule has 1 aliphatic heterocycles. The summed E-state index contributed by atoms with van der Waals surface area (Å²) in [6.45, 7) is 2.48. The molecule has 0 spiro atoms. The number of amides is 1. The van der Waals surface area contributed by atoms with Crippen molar-refractivity contribution in [2.24, 2.45) is 29.4 Å². The molecule has 1 amide bonds. The van der Waals surface area contributed by atoms with Gasteiger partial charge in [-0.05, 0) is 43.4 Å². The van der Waals surface area contributed by atoms with Crippen LogP contribution in [0.5, 0.6) is 0 Å². The number of carbonyl (C=O) groups is 2. The molecular weight excluding hydrogens is 244 g/mol. The Kier molecular flexibility index (Phi) is 3.04. The molecule has 1 saturated heterocycles. The SMILES string of the molecule is CC1CCN(C(=O)C2C3CCC(C3)C2N)C1C(=O)O. The molecule has 5 nitrogen and oxygen atoms in total. The molecule has 0 aromatic rings. The Morgan fingerprint density at radius 1 is 1.21 bits per heavy atom. The lowest BCUT2D eigenvalue weighted by Gasteiger charge is -2.33. The normalized spacial score (nSPS) is 44.8. The number of carbonyl (C=O) groups excluding carboxylic acids is 1. The molecule has 1 heterocycles. The molecule has 2 bridgehead atoms. The van der Waals surface area contributed by atoms with Gasteiger partial charge in [0.25, 0.3) is 0 Å². The number of likely N-dealkylation sites (tertiary alicyclic amines) is 1. The zero-order chi connectivity index (χ0) is 13.7. The second-order valence-corrected chi connectivity index (χ2v) is 6.52. The summed E-state index contributed by atoms with van der Waals surface area (Å²) >= 11 is 0. The molecule has 0 aromatic heterocycles. The highest BCUT2D eigenvalue weighted by Crippen LogP contribution is 2.48. The fraction of sp³-hybridized carbons (Fsp3) is 0.857. The van der Waals surface area contributed by atoms with Crippen molar-refractivity contribution in [1.29, 1.82) is 0 Å². The molecular formula is C14H22N2O3. The van der Waals surface area contributed by atoms with E-state index < -0.39 is 12.0 Å². The van der Waals surface area contributed by atoms with E-state index in [9.17, 15) is 14.7 Å². The summed E-state index contributed by atoms with van der Waals surface area (Å²) in [5, 5.41) is 9.32. The Morgan fingerprint density at radius 2 is 1.89 bits per heavy atom. The monoisotopic (exact) mass is 266 g/mol. The van der Waals surface area contributed by atoms with Crippen LogP contribution in [0.4, 0.5) is 0 Å². The second kappa shape index (κ2) is 4.47. The van der Waals surface area contributed by atoms with Crippen molar-refractivity contribution < 1.29 is 14.7 Å². The van der Waals surface area contributed by atoms with Crippen LogP contribution >= 0.6 is 0 Å². The first-order valence-corrected chi connectivity index (χ1v) is 7.29. The van der Waals surface area contributed by atoms with Crippen molar-refractivity contribution in [3.05, 3.63) is 0 Å². The van der Waals surface area contributed by atoms with E-state index in [1.165, 1.54) is 0 Å². The van der Waals surface area contributed by atoms with Crippen LogP contribution in [-0.4, -0.2) is 40.5 Å². The molecule has 6 atom stereocenters. The van der Waals surface area contributed by atoms with Crippen molar-refractivity contribution in [3.8, 4) is 0 Å². The topological polar surface area (TPSA) is 83.6 Å². The van der Waals surface area contributed by atoms with Gasteiger partial charge in [-0.1, -0.05) is 6.92 Å². The van der Waals surface area contributed by atoms with Gasteiger partial charge < -0.3 is 15.7 Å². The molecule has 3 N–H and O–H groups in total. The summed E-state index contributed by atoms with van der Waals surface area (Å²) in [6.07, 6.45) is 4.04. The summed E-state index contributed by atoms with van der Waals surface area (Å²) in [4.78, 5) is 25.6. The van der Waals surface area contributed by atoms with Gasteiger partial charge in [-0.25, -0.2) is 4.79 Å². The first-order chi connectivity index (χ1) is 9.00. The first-order valence-electron chi connectivity index (χ1n) is 7.29. The van der Waals surface area contributed by atoms with E-state index in [2.05, 4.69) is 0 Å². The van der Waals surface area contributed by atoms with Crippen LogP contribution < -0.4 is 5.73 Å². The van der Waals surface area contributed by atoms with Crippen molar-refractivity contribution in [3.63, 3.8) is 0 Å². The molecule has 5 heteroatoms. The fourth-order valence-electron chi connectivity index (χ4n) is 4.46. The van der Waals surface area contributed by atoms with Crippen LogP contribution in [0.15, 0.2) is 0 Å².